The van der Waals surface area contributed by atoms with Crippen LogP contribution in [0.4, 0.5) is 0 Å². The van der Waals surface area contributed by atoms with Crippen LogP contribution in [0.1, 0.15) is 62.2 Å². The zero-order valence-corrected chi connectivity index (χ0v) is 17.2. The molecule has 0 unspecified atom stereocenters. The lowest BCUT2D eigenvalue weighted by Crippen LogP contribution is -2.47. The molecule has 1 aliphatic rings. The van der Waals surface area contributed by atoms with Crippen molar-refractivity contribution in [3.8, 4) is 11.5 Å². The molecule has 1 saturated carbocycles. The SMILES string of the molecule is CCCCOc1ccc(C(=O)NNC(=O)CNC(=O)C2CCCCC2)cc1OC. The molecule has 0 bridgehead atoms. The number of rotatable bonds is 9. The molecule has 0 radical (unpaired) electrons. The van der Waals surface area contributed by atoms with Gasteiger partial charge in [-0.15, -0.1) is 0 Å². The van der Waals surface area contributed by atoms with Crippen molar-refractivity contribution in [3.05, 3.63) is 23.8 Å². The molecule has 1 aromatic carbocycles. The fourth-order valence-corrected chi connectivity index (χ4v) is 3.17. The fourth-order valence-electron chi connectivity index (χ4n) is 3.17. The number of methoxy groups -OCH3 is 1. The quantitative estimate of drug-likeness (QED) is 0.432. The summed E-state index contributed by atoms with van der Waals surface area (Å²) in [7, 11) is 1.50. The topological polar surface area (TPSA) is 106 Å². The summed E-state index contributed by atoms with van der Waals surface area (Å²) < 4.78 is 10.9. The molecule has 3 N–H and O–H groups in total. The third kappa shape index (κ3) is 7.29. The number of hydrogen-bond acceptors (Lipinski definition) is 5. The molecule has 8 heteroatoms. The van der Waals surface area contributed by atoms with Gasteiger partial charge in [-0.25, -0.2) is 0 Å². The van der Waals surface area contributed by atoms with Crippen LogP contribution in [0.5, 0.6) is 11.5 Å². The van der Waals surface area contributed by atoms with Gasteiger partial charge in [-0.3, -0.25) is 25.2 Å². The van der Waals surface area contributed by atoms with Gasteiger partial charge in [0.2, 0.25) is 5.91 Å². The summed E-state index contributed by atoms with van der Waals surface area (Å²) in [5.41, 5.74) is 4.96. The highest BCUT2D eigenvalue weighted by Crippen LogP contribution is 2.28. The first kappa shape index (κ1) is 22.5. The average molecular weight is 405 g/mol. The standard InChI is InChI=1S/C21H31N3O5/c1-3-4-12-29-17-11-10-16(13-18(17)28-2)21(27)24-23-19(25)14-22-20(26)15-8-6-5-7-9-15/h10-11,13,15H,3-9,12,14H2,1-2H3,(H,22,26)(H,23,25)(H,24,27). The minimum absolute atomic E-state index is 0.0170. The van der Waals surface area contributed by atoms with E-state index in [0.29, 0.717) is 23.7 Å². The molecular weight excluding hydrogens is 374 g/mol. The first-order valence-corrected chi connectivity index (χ1v) is 10.2. The maximum Gasteiger partial charge on any atom is 0.269 e. The van der Waals surface area contributed by atoms with Crippen molar-refractivity contribution < 1.29 is 23.9 Å². The van der Waals surface area contributed by atoms with Gasteiger partial charge in [-0.2, -0.15) is 0 Å². The molecule has 3 amide bonds. The fraction of sp³-hybridized carbons (Fsp3) is 0.571. The number of unbranched alkanes of at least 4 members (excludes halogenated alkanes) is 1. The molecule has 0 atom stereocenters. The Hall–Kier alpha value is -2.77. The van der Waals surface area contributed by atoms with Gasteiger partial charge >= 0.3 is 0 Å². The molecule has 0 aliphatic heterocycles. The van der Waals surface area contributed by atoms with Gasteiger partial charge in [-0.05, 0) is 37.5 Å². The van der Waals surface area contributed by atoms with Crippen molar-refractivity contribution in [1.82, 2.24) is 16.2 Å². The Balaban J connectivity index is 1.78. The lowest BCUT2D eigenvalue weighted by atomic mass is 9.89. The molecule has 160 valence electrons. The molecule has 2 rings (SSSR count). The van der Waals surface area contributed by atoms with Gasteiger partial charge in [0.15, 0.2) is 11.5 Å². The van der Waals surface area contributed by atoms with E-state index in [0.717, 1.165) is 44.9 Å². The normalized spacial score (nSPS) is 14.0. The van der Waals surface area contributed by atoms with E-state index in [-0.39, 0.29) is 18.4 Å². The maximum atomic E-state index is 12.3. The zero-order chi connectivity index (χ0) is 21.1. The van der Waals surface area contributed by atoms with Gasteiger partial charge < -0.3 is 14.8 Å². The van der Waals surface area contributed by atoms with Crippen LogP contribution in [-0.4, -0.2) is 38.0 Å². The molecule has 1 aromatic rings. The highest BCUT2D eigenvalue weighted by molar-refractivity contribution is 5.96. The predicted molar refractivity (Wildman–Crippen MR) is 109 cm³/mol. The van der Waals surface area contributed by atoms with Crippen LogP contribution in [0.2, 0.25) is 0 Å². The first-order valence-electron chi connectivity index (χ1n) is 10.2. The van der Waals surface area contributed by atoms with E-state index >= 15 is 0 Å². The first-order chi connectivity index (χ1) is 14.0. The molecular formula is C21H31N3O5. The second-order valence-electron chi connectivity index (χ2n) is 7.12. The van der Waals surface area contributed by atoms with E-state index in [1.165, 1.54) is 7.11 Å². The van der Waals surface area contributed by atoms with E-state index in [1.807, 2.05) is 0 Å². The molecule has 0 heterocycles. The van der Waals surface area contributed by atoms with E-state index in [4.69, 9.17) is 9.47 Å². The van der Waals surface area contributed by atoms with Gasteiger partial charge in [-0.1, -0.05) is 32.6 Å². The summed E-state index contributed by atoms with van der Waals surface area (Å²) in [6.07, 6.45) is 6.93. The molecule has 29 heavy (non-hydrogen) atoms. The predicted octanol–water partition coefficient (Wildman–Crippen LogP) is 2.33. The van der Waals surface area contributed by atoms with E-state index < -0.39 is 11.8 Å². The van der Waals surface area contributed by atoms with Crippen LogP contribution >= 0.6 is 0 Å². The number of ether oxygens (including phenoxy) is 2. The van der Waals surface area contributed by atoms with Crippen molar-refractivity contribution in [2.45, 2.75) is 51.9 Å². The summed E-state index contributed by atoms with van der Waals surface area (Å²) in [6.45, 7) is 2.47. The number of hydrogen-bond donors (Lipinski definition) is 3. The number of hydrazine groups is 1. The van der Waals surface area contributed by atoms with Crippen LogP contribution in [0.3, 0.4) is 0 Å². The summed E-state index contributed by atoms with van der Waals surface area (Å²) >= 11 is 0. The second-order valence-corrected chi connectivity index (χ2v) is 7.12. The highest BCUT2D eigenvalue weighted by Gasteiger charge is 2.21. The number of benzene rings is 1. The molecule has 0 saturated heterocycles. The van der Waals surface area contributed by atoms with Gasteiger partial charge in [0, 0.05) is 11.5 Å². The van der Waals surface area contributed by atoms with E-state index in [9.17, 15) is 14.4 Å². The van der Waals surface area contributed by atoms with E-state index in [1.54, 1.807) is 18.2 Å². The molecule has 0 spiro atoms. The second kappa shape index (κ2) is 11.9. The average Bonchev–Trinajstić information content (AvgIpc) is 2.76. The van der Waals surface area contributed by atoms with Gasteiger partial charge in [0.25, 0.3) is 11.8 Å². The summed E-state index contributed by atoms with van der Waals surface area (Å²) in [6, 6.07) is 4.80. The van der Waals surface area contributed by atoms with Crippen molar-refractivity contribution in [2.75, 3.05) is 20.3 Å². The molecule has 8 nitrogen and oxygen atoms in total. The lowest BCUT2D eigenvalue weighted by Gasteiger charge is -2.20. The van der Waals surface area contributed by atoms with Crippen LogP contribution in [-0.2, 0) is 9.59 Å². The Morgan fingerprint density at radius 1 is 1.07 bits per heavy atom. The van der Waals surface area contributed by atoms with Gasteiger partial charge in [0.1, 0.15) is 0 Å². The zero-order valence-electron chi connectivity index (χ0n) is 17.2. The van der Waals surface area contributed by atoms with Crippen molar-refractivity contribution >= 4 is 17.7 Å². The van der Waals surface area contributed by atoms with Crippen molar-refractivity contribution in [2.24, 2.45) is 5.92 Å². The number of carbonyl (C=O) groups excluding carboxylic acids is 3. The minimum atomic E-state index is -0.492. The van der Waals surface area contributed by atoms with E-state index in [2.05, 4.69) is 23.1 Å². The molecule has 1 fully saturated rings. The third-order valence-electron chi connectivity index (χ3n) is 4.90. The van der Waals surface area contributed by atoms with Gasteiger partial charge in [0.05, 0.1) is 20.3 Å². The Kier molecular flexibility index (Phi) is 9.27. The Labute approximate surface area is 171 Å². The summed E-state index contributed by atoms with van der Waals surface area (Å²) in [5.74, 6) is -0.0950. The number of carbonyl (C=O) groups is 3. The molecule has 1 aliphatic carbocycles. The summed E-state index contributed by atoms with van der Waals surface area (Å²) in [5, 5.41) is 2.63. The minimum Gasteiger partial charge on any atom is -0.493 e. The maximum absolute atomic E-state index is 12.3. The molecule has 0 aromatic heterocycles. The highest BCUT2D eigenvalue weighted by atomic mass is 16.5. The van der Waals surface area contributed by atoms with Crippen LogP contribution in [0.25, 0.3) is 0 Å². The van der Waals surface area contributed by atoms with Crippen LogP contribution in [0.15, 0.2) is 18.2 Å². The number of amides is 3. The Bertz CT molecular complexity index is 702. The van der Waals surface area contributed by atoms with Crippen molar-refractivity contribution in [1.29, 1.82) is 0 Å². The third-order valence-corrected chi connectivity index (χ3v) is 4.90. The monoisotopic (exact) mass is 405 g/mol. The van der Waals surface area contributed by atoms with Crippen molar-refractivity contribution in [3.63, 3.8) is 0 Å². The smallest absolute Gasteiger partial charge is 0.269 e. The Morgan fingerprint density at radius 2 is 1.83 bits per heavy atom. The Morgan fingerprint density at radius 3 is 2.52 bits per heavy atom. The largest absolute Gasteiger partial charge is 0.493 e. The summed E-state index contributed by atoms with van der Waals surface area (Å²) in [4.78, 5) is 36.2. The number of nitrogens with one attached hydrogen (secondary N) is 3. The lowest BCUT2D eigenvalue weighted by molar-refractivity contribution is -0.129. The van der Waals surface area contributed by atoms with Crippen LogP contribution < -0.4 is 25.6 Å². The van der Waals surface area contributed by atoms with Crippen LogP contribution in [0, 0.1) is 5.92 Å².